The molecule has 5 aliphatic rings. The molecular weight excluding hydrogens is 689 g/mol. The Morgan fingerprint density at radius 1 is 0.544 bits per heavy atom. The third kappa shape index (κ3) is 5.56. The number of amidine groups is 1. The van der Waals surface area contributed by atoms with E-state index in [1.807, 2.05) is 6.07 Å². The average Bonchev–Trinajstić information content (AvgIpc) is 3.66. The minimum Gasteiger partial charge on any atom is -0.340 e. The molecule has 1 spiro atoms. The Kier molecular flexibility index (Phi) is 8.00. The number of allylic oxidation sites excluding steroid dienone is 4. The van der Waals surface area contributed by atoms with Crippen LogP contribution in [0.4, 0.5) is 0 Å². The highest BCUT2D eigenvalue weighted by Gasteiger charge is 2.53. The zero-order valence-corrected chi connectivity index (χ0v) is 32.9. The second kappa shape index (κ2) is 13.3. The largest absolute Gasteiger partial charge is 0.340 e. The van der Waals surface area contributed by atoms with Crippen molar-refractivity contribution in [2.75, 3.05) is 0 Å². The van der Waals surface area contributed by atoms with Crippen LogP contribution in [0.3, 0.4) is 0 Å². The monoisotopic (exact) mass is 736 g/mol. The Labute approximate surface area is 337 Å². The maximum absolute atomic E-state index is 5.20. The molecule has 1 heterocycles. The maximum atomic E-state index is 5.20. The Bertz CT molecular complexity index is 2590. The molecule has 0 bridgehead atoms. The van der Waals surface area contributed by atoms with Gasteiger partial charge in [0.25, 0.3) is 0 Å². The first kappa shape index (κ1) is 34.3. The first-order chi connectivity index (χ1) is 28.0. The van der Waals surface area contributed by atoms with Crippen LogP contribution in [-0.4, -0.2) is 5.84 Å². The standard InChI is InChI=1S/C55H48N2/c1-54(2)47-28-27-42(32-44(47)46-34-50-45(33-49(46)54)43-21-10-11-22-48(43)55(50)29-12-5-13-30-55)41-20-14-19-40(31-41)36-23-25-38(26-24-36)52-35-51(37-15-6-3-7-16-37)56-53(57-52)39-17-8-4-9-18-39/h3-4,6-11,14-28,31-35,45,50,52H,5,12-13,29-30H2,1-2H3,(H,56,57). The Hall–Kier alpha value is -5.99. The minimum atomic E-state index is -0.0950. The third-order valence-electron chi connectivity index (χ3n) is 14.0. The van der Waals surface area contributed by atoms with Gasteiger partial charge in [-0.1, -0.05) is 185 Å². The van der Waals surface area contributed by atoms with E-state index >= 15 is 0 Å². The molecule has 4 aliphatic carbocycles. The second-order valence-corrected chi connectivity index (χ2v) is 17.5. The molecule has 6 aromatic carbocycles. The van der Waals surface area contributed by atoms with Crippen LogP contribution in [0.15, 0.2) is 180 Å². The van der Waals surface area contributed by atoms with E-state index in [1.54, 1.807) is 11.1 Å². The topological polar surface area (TPSA) is 24.4 Å². The summed E-state index contributed by atoms with van der Waals surface area (Å²) in [6, 6.07) is 55.7. The van der Waals surface area contributed by atoms with E-state index in [9.17, 15) is 0 Å². The molecule has 0 saturated heterocycles. The van der Waals surface area contributed by atoms with Crippen molar-refractivity contribution in [3.05, 3.63) is 214 Å². The minimum absolute atomic E-state index is 0.0249. The number of aliphatic imine (C=N–C) groups is 1. The molecular formula is C55H48N2. The molecule has 1 fully saturated rings. The fourth-order valence-electron chi connectivity index (χ4n) is 11.1. The van der Waals surface area contributed by atoms with Crippen LogP contribution in [0, 0.1) is 5.92 Å². The summed E-state index contributed by atoms with van der Waals surface area (Å²) in [7, 11) is 0. The lowest BCUT2D eigenvalue weighted by Gasteiger charge is -2.41. The summed E-state index contributed by atoms with van der Waals surface area (Å²) in [5, 5.41) is 3.61. The number of nitrogens with one attached hydrogen (secondary N) is 1. The van der Waals surface area contributed by atoms with Crippen LogP contribution in [0.25, 0.3) is 33.5 Å². The molecule has 2 nitrogen and oxygen atoms in total. The number of hydrogen-bond acceptors (Lipinski definition) is 2. The van der Waals surface area contributed by atoms with Gasteiger partial charge >= 0.3 is 0 Å². The summed E-state index contributed by atoms with van der Waals surface area (Å²) < 4.78 is 0. The van der Waals surface area contributed by atoms with Crippen molar-refractivity contribution in [1.82, 2.24) is 5.32 Å². The van der Waals surface area contributed by atoms with Crippen molar-refractivity contribution in [1.29, 1.82) is 0 Å². The number of nitrogens with zero attached hydrogens (tertiary/aromatic N) is 1. The van der Waals surface area contributed by atoms with Gasteiger partial charge in [-0.3, -0.25) is 4.99 Å². The first-order valence-electron chi connectivity index (χ1n) is 21.0. The highest BCUT2D eigenvalue weighted by atomic mass is 15.0. The SMILES string of the molecule is CC1(C)C2=CC3c4ccccc4C4(CCCCC4)C3C=C2c2cc(-c3cccc(-c4ccc(C5C=C(c6ccccc6)NC(c6ccccc6)=N5)cc4)c3)ccc21. The first-order valence-corrected chi connectivity index (χ1v) is 21.0. The molecule has 0 amide bonds. The lowest BCUT2D eigenvalue weighted by molar-refractivity contribution is 0.233. The molecule has 1 aliphatic heterocycles. The summed E-state index contributed by atoms with van der Waals surface area (Å²) in [5.41, 5.74) is 18.8. The molecule has 3 atom stereocenters. The molecule has 3 unspecified atom stereocenters. The van der Waals surface area contributed by atoms with Crippen molar-refractivity contribution in [3.8, 4) is 22.3 Å². The van der Waals surface area contributed by atoms with E-state index < -0.39 is 0 Å². The summed E-state index contributed by atoms with van der Waals surface area (Å²) in [6.07, 6.45) is 14.4. The van der Waals surface area contributed by atoms with Gasteiger partial charge in [-0.2, -0.15) is 0 Å². The predicted molar refractivity (Wildman–Crippen MR) is 237 cm³/mol. The molecule has 1 saturated carbocycles. The second-order valence-electron chi connectivity index (χ2n) is 17.5. The molecule has 2 heteroatoms. The zero-order chi connectivity index (χ0) is 38.1. The summed E-state index contributed by atoms with van der Waals surface area (Å²) in [6.45, 7) is 4.88. The zero-order valence-electron chi connectivity index (χ0n) is 32.9. The van der Waals surface area contributed by atoms with E-state index in [4.69, 9.17) is 4.99 Å². The maximum Gasteiger partial charge on any atom is 0.133 e. The molecule has 57 heavy (non-hydrogen) atoms. The van der Waals surface area contributed by atoms with Gasteiger partial charge in [0.1, 0.15) is 5.84 Å². The van der Waals surface area contributed by atoms with E-state index in [2.05, 4.69) is 183 Å². The van der Waals surface area contributed by atoms with Gasteiger partial charge in [0.2, 0.25) is 0 Å². The number of hydrogen-bond donors (Lipinski definition) is 1. The van der Waals surface area contributed by atoms with Crippen molar-refractivity contribution < 1.29 is 0 Å². The lowest BCUT2D eigenvalue weighted by Crippen LogP contribution is -2.35. The van der Waals surface area contributed by atoms with E-state index in [0.717, 1.165) is 22.7 Å². The fraction of sp³-hybridized carbons (Fsp3) is 0.218. The highest BCUT2D eigenvalue weighted by molar-refractivity contribution is 6.05. The van der Waals surface area contributed by atoms with E-state index in [1.165, 1.54) is 82.2 Å². The summed E-state index contributed by atoms with van der Waals surface area (Å²) >= 11 is 0. The Morgan fingerprint density at radius 3 is 1.96 bits per heavy atom. The molecule has 1 N–H and O–H groups in total. The number of fused-ring (bicyclic) bond motifs is 8. The van der Waals surface area contributed by atoms with Crippen LogP contribution in [-0.2, 0) is 10.8 Å². The number of rotatable bonds is 5. The van der Waals surface area contributed by atoms with E-state index in [-0.39, 0.29) is 16.9 Å². The lowest BCUT2D eigenvalue weighted by atomic mass is 9.62. The van der Waals surface area contributed by atoms with Crippen LogP contribution in [0.5, 0.6) is 0 Å². The van der Waals surface area contributed by atoms with Crippen LogP contribution < -0.4 is 5.32 Å². The highest BCUT2D eigenvalue weighted by Crippen LogP contribution is 2.64. The van der Waals surface area contributed by atoms with Gasteiger partial charge in [0.15, 0.2) is 0 Å². The van der Waals surface area contributed by atoms with Gasteiger partial charge in [-0.15, -0.1) is 0 Å². The van der Waals surface area contributed by atoms with Crippen molar-refractivity contribution in [3.63, 3.8) is 0 Å². The molecule has 0 aromatic heterocycles. The van der Waals surface area contributed by atoms with Gasteiger partial charge in [0, 0.05) is 28.0 Å². The van der Waals surface area contributed by atoms with Gasteiger partial charge in [-0.05, 0) is 104 Å². The molecule has 278 valence electrons. The summed E-state index contributed by atoms with van der Waals surface area (Å²) in [4.78, 5) is 5.20. The molecule has 11 rings (SSSR count). The average molecular weight is 737 g/mol. The molecule has 0 radical (unpaired) electrons. The van der Waals surface area contributed by atoms with Gasteiger partial charge < -0.3 is 5.32 Å². The van der Waals surface area contributed by atoms with E-state index in [0.29, 0.717) is 11.8 Å². The van der Waals surface area contributed by atoms with Crippen LogP contribution in [0.2, 0.25) is 0 Å². The fourth-order valence-corrected chi connectivity index (χ4v) is 11.1. The summed E-state index contributed by atoms with van der Waals surface area (Å²) in [5.74, 6) is 1.90. The van der Waals surface area contributed by atoms with Gasteiger partial charge in [-0.25, -0.2) is 0 Å². The van der Waals surface area contributed by atoms with Crippen LogP contribution in [0.1, 0.15) is 96.9 Å². The normalized spacial score (nSPS) is 22.2. The smallest absolute Gasteiger partial charge is 0.133 e. The third-order valence-corrected chi connectivity index (χ3v) is 14.0. The number of benzene rings is 6. The predicted octanol–water partition coefficient (Wildman–Crippen LogP) is 13.4. The Balaban J connectivity index is 0.918. The van der Waals surface area contributed by atoms with Crippen LogP contribution >= 0.6 is 0 Å². The van der Waals surface area contributed by atoms with Crippen molar-refractivity contribution in [2.45, 2.75) is 68.7 Å². The van der Waals surface area contributed by atoms with Crippen molar-refractivity contribution >= 4 is 17.1 Å². The molecule has 6 aromatic rings. The Morgan fingerprint density at radius 2 is 1.19 bits per heavy atom. The van der Waals surface area contributed by atoms with Crippen molar-refractivity contribution in [2.24, 2.45) is 10.9 Å². The van der Waals surface area contributed by atoms with Gasteiger partial charge in [0.05, 0.1) is 6.04 Å². The quantitative estimate of drug-likeness (QED) is 0.187.